The van der Waals surface area contributed by atoms with Crippen molar-refractivity contribution in [3.8, 4) is 0 Å². The van der Waals surface area contributed by atoms with Crippen LogP contribution in [-0.4, -0.2) is 19.1 Å². The van der Waals surface area contributed by atoms with Crippen molar-refractivity contribution in [1.29, 1.82) is 0 Å². The van der Waals surface area contributed by atoms with Crippen LogP contribution in [0.5, 0.6) is 0 Å². The van der Waals surface area contributed by atoms with E-state index in [1.165, 1.54) is 34.5 Å². The van der Waals surface area contributed by atoms with Gasteiger partial charge in [0.15, 0.2) is 0 Å². The molecule has 1 aromatic heterocycles. The second-order valence-electron chi connectivity index (χ2n) is 7.11. The van der Waals surface area contributed by atoms with Crippen LogP contribution in [0.1, 0.15) is 43.0 Å². The summed E-state index contributed by atoms with van der Waals surface area (Å²) in [5.74, 6) is 1.14. The van der Waals surface area contributed by atoms with Crippen LogP contribution in [0.4, 0.5) is 5.69 Å². The molecule has 0 bridgehead atoms. The maximum Gasteiger partial charge on any atom is 0.0516 e. The van der Waals surface area contributed by atoms with Crippen LogP contribution >= 0.6 is 0 Å². The van der Waals surface area contributed by atoms with Crippen LogP contribution < -0.4 is 4.90 Å². The minimum absolute atomic E-state index is 0.476. The lowest BCUT2D eigenvalue weighted by Gasteiger charge is -2.23. The summed E-state index contributed by atoms with van der Waals surface area (Å²) in [7, 11) is 4.20. The number of allylic oxidation sites excluding steroid dienone is 1. The molecule has 2 nitrogen and oxygen atoms in total. The molecule has 0 spiro atoms. The van der Waals surface area contributed by atoms with E-state index in [4.69, 9.17) is 0 Å². The molecule has 1 heterocycles. The molecule has 1 aliphatic carbocycles. The standard InChI is InChI=1S/C21H26N2/c1-15(2)11-20(16-7-5-9-19(13-16)23(3)4)18-12-17-8-6-10-22-21(17)14-18/h5-10,12-13,15,20H,11,14H2,1-4H3. The average Bonchev–Trinajstić information content (AvgIpc) is 2.96. The van der Waals surface area contributed by atoms with Gasteiger partial charge in [-0.1, -0.05) is 43.7 Å². The second kappa shape index (κ2) is 6.57. The normalized spacial score (nSPS) is 14.6. The molecule has 0 N–H and O–H groups in total. The number of hydrogen-bond acceptors (Lipinski definition) is 2. The molecule has 1 atom stereocenters. The lowest BCUT2D eigenvalue weighted by atomic mass is 9.83. The van der Waals surface area contributed by atoms with Gasteiger partial charge in [-0.25, -0.2) is 0 Å². The van der Waals surface area contributed by atoms with Crippen molar-refractivity contribution in [3.05, 3.63) is 65.0 Å². The molecule has 0 amide bonds. The van der Waals surface area contributed by atoms with E-state index in [1.807, 2.05) is 12.3 Å². The zero-order valence-corrected chi connectivity index (χ0v) is 14.6. The van der Waals surface area contributed by atoms with Crippen LogP contribution in [0.15, 0.2) is 48.2 Å². The maximum absolute atomic E-state index is 4.55. The highest BCUT2D eigenvalue weighted by Crippen LogP contribution is 2.38. The summed E-state index contributed by atoms with van der Waals surface area (Å²) in [6.07, 6.45) is 6.42. The quantitative estimate of drug-likeness (QED) is 0.779. The zero-order valence-electron chi connectivity index (χ0n) is 14.6. The van der Waals surface area contributed by atoms with E-state index in [-0.39, 0.29) is 0 Å². The third kappa shape index (κ3) is 3.47. The van der Waals surface area contributed by atoms with Crippen LogP contribution in [0.25, 0.3) is 6.08 Å². The van der Waals surface area contributed by atoms with Crippen molar-refractivity contribution in [1.82, 2.24) is 4.98 Å². The van der Waals surface area contributed by atoms with Crippen molar-refractivity contribution in [2.45, 2.75) is 32.6 Å². The second-order valence-corrected chi connectivity index (χ2v) is 7.11. The predicted molar refractivity (Wildman–Crippen MR) is 98.9 cm³/mol. The number of aromatic nitrogens is 1. The van der Waals surface area contributed by atoms with Gasteiger partial charge in [-0.2, -0.15) is 0 Å². The number of benzene rings is 1. The number of anilines is 1. The molecule has 23 heavy (non-hydrogen) atoms. The minimum Gasteiger partial charge on any atom is -0.378 e. The number of pyridine rings is 1. The maximum atomic E-state index is 4.55. The molecular weight excluding hydrogens is 280 g/mol. The van der Waals surface area contributed by atoms with Crippen molar-refractivity contribution in [3.63, 3.8) is 0 Å². The van der Waals surface area contributed by atoms with Gasteiger partial charge in [0.2, 0.25) is 0 Å². The molecule has 1 aliphatic rings. The number of fused-ring (bicyclic) bond motifs is 1. The molecule has 0 saturated heterocycles. The molecule has 0 saturated carbocycles. The van der Waals surface area contributed by atoms with Gasteiger partial charge in [-0.15, -0.1) is 0 Å². The van der Waals surface area contributed by atoms with Crippen LogP contribution in [0.2, 0.25) is 0 Å². The fourth-order valence-electron chi connectivity index (χ4n) is 3.39. The average molecular weight is 306 g/mol. The largest absolute Gasteiger partial charge is 0.378 e. The summed E-state index contributed by atoms with van der Waals surface area (Å²) >= 11 is 0. The summed E-state index contributed by atoms with van der Waals surface area (Å²) in [5.41, 5.74) is 6.71. The highest BCUT2D eigenvalue weighted by Gasteiger charge is 2.24. The first kappa shape index (κ1) is 15.8. The molecule has 2 aromatic rings. The monoisotopic (exact) mass is 306 g/mol. The summed E-state index contributed by atoms with van der Waals surface area (Å²) in [6.45, 7) is 4.62. The van der Waals surface area contributed by atoms with E-state index in [0.29, 0.717) is 11.8 Å². The fourth-order valence-corrected chi connectivity index (χ4v) is 3.39. The summed E-state index contributed by atoms with van der Waals surface area (Å²) < 4.78 is 0. The summed E-state index contributed by atoms with van der Waals surface area (Å²) in [6, 6.07) is 13.2. The van der Waals surface area contributed by atoms with Crippen molar-refractivity contribution in [2.24, 2.45) is 5.92 Å². The summed E-state index contributed by atoms with van der Waals surface area (Å²) in [4.78, 5) is 6.73. The van der Waals surface area contributed by atoms with Gasteiger partial charge in [0.25, 0.3) is 0 Å². The topological polar surface area (TPSA) is 16.1 Å². The SMILES string of the molecule is CC(C)CC(C1=Cc2cccnc2C1)c1cccc(N(C)C)c1. The van der Waals surface area contributed by atoms with Crippen LogP contribution in [-0.2, 0) is 6.42 Å². The molecule has 0 aliphatic heterocycles. The van der Waals surface area contributed by atoms with Gasteiger partial charge >= 0.3 is 0 Å². The lowest BCUT2D eigenvalue weighted by Crippen LogP contribution is -2.11. The van der Waals surface area contributed by atoms with E-state index in [0.717, 1.165) is 6.42 Å². The first-order chi connectivity index (χ1) is 11.0. The van der Waals surface area contributed by atoms with Gasteiger partial charge in [-0.05, 0) is 41.7 Å². The molecule has 1 aromatic carbocycles. The van der Waals surface area contributed by atoms with Crippen LogP contribution in [0.3, 0.4) is 0 Å². The Labute approximate surface area is 139 Å². The Kier molecular flexibility index (Phi) is 4.51. The lowest BCUT2D eigenvalue weighted by molar-refractivity contribution is 0.533. The predicted octanol–water partition coefficient (Wildman–Crippen LogP) is 4.92. The Morgan fingerprint density at radius 3 is 2.65 bits per heavy atom. The Bertz CT molecular complexity index is 713. The number of nitrogens with zero attached hydrogens (tertiary/aromatic N) is 2. The van der Waals surface area contributed by atoms with Gasteiger partial charge in [0, 0.05) is 38.3 Å². The molecule has 0 radical (unpaired) electrons. The molecule has 3 rings (SSSR count). The zero-order chi connectivity index (χ0) is 16.4. The number of hydrogen-bond donors (Lipinski definition) is 0. The van der Waals surface area contributed by atoms with Crippen molar-refractivity contribution >= 4 is 11.8 Å². The van der Waals surface area contributed by atoms with E-state index in [1.54, 1.807) is 0 Å². The van der Waals surface area contributed by atoms with Crippen molar-refractivity contribution < 1.29 is 0 Å². The first-order valence-corrected chi connectivity index (χ1v) is 8.46. The van der Waals surface area contributed by atoms with Crippen LogP contribution in [0, 0.1) is 5.92 Å². The third-order valence-corrected chi connectivity index (χ3v) is 4.58. The molecule has 0 fully saturated rings. The van der Waals surface area contributed by atoms with Gasteiger partial charge in [-0.3, -0.25) is 4.98 Å². The van der Waals surface area contributed by atoms with Gasteiger partial charge in [0.1, 0.15) is 0 Å². The highest BCUT2D eigenvalue weighted by atomic mass is 15.1. The molecule has 120 valence electrons. The van der Waals surface area contributed by atoms with Gasteiger partial charge < -0.3 is 4.90 Å². The smallest absolute Gasteiger partial charge is 0.0516 e. The Hall–Kier alpha value is -2.09. The first-order valence-electron chi connectivity index (χ1n) is 8.46. The minimum atomic E-state index is 0.476. The van der Waals surface area contributed by atoms with E-state index >= 15 is 0 Å². The fraction of sp³-hybridized carbons (Fsp3) is 0.381. The Morgan fingerprint density at radius 1 is 1.13 bits per heavy atom. The molecule has 1 unspecified atom stereocenters. The van der Waals surface area contributed by atoms with Crippen molar-refractivity contribution in [2.75, 3.05) is 19.0 Å². The highest BCUT2D eigenvalue weighted by molar-refractivity contribution is 5.64. The Balaban J connectivity index is 1.95. The third-order valence-electron chi connectivity index (χ3n) is 4.58. The van der Waals surface area contributed by atoms with E-state index in [2.05, 4.69) is 74.2 Å². The van der Waals surface area contributed by atoms with E-state index in [9.17, 15) is 0 Å². The molecule has 2 heteroatoms. The Morgan fingerprint density at radius 2 is 1.96 bits per heavy atom. The number of rotatable bonds is 5. The molecular formula is C21H26N2. The summed E-state index contributed by atoms with van der Waals surface area (Å²) in [5, 5.41) is 0. The van der Waals surface area contributed by atoms with E-state index < -0.39 is 0 Å². The van der Waals surface area contributed by atoms with Gasteiger partial charge in [0.05, 0.1) is 5.69 Å².